The lowest BCUT2D eigenvalue weighted by Gasteiger charge is -2.28. The van der Waals surface area contributed by atoms with Crippen LogP contribution >= 0.6 is 0 Å². The minimum absolute atomic E-state index is 0.0200. The lowest BCUT2D eigenvalue weighted by molar-refractivity contribution is -0.215. The largest absolute Gasteiger partial charge is 0.433 e. The number of aliphatic hydroxyl groups excluding tert-OH is 12. The zero-order chi connectivity index (χ0) is 26.6. The third-order valence-electron chi connectivity index (χ3n) is 4.66. The van der Waals surface area contributed by atoms with E-state index in [1.807, 2.05) is 0 Å². The number of ether oxygens (including phenoxy) is 2. The van der Waals surface area contributed by atoms with Crippen molar-refractivity contribution in [2.24, 2.45) is 0 Å². The van der Waals surface area contributed by atoms with Crippen LogP contribution in [0.4, 0.5) is 0 Å². The van der Waals surface area contributed by atoms with E-state index in [0.29, 0.717) is 0 Å². The molecule has 0 aromatic heterocycles. The summed E-state index contributed by atoms with van der Waals surface area (Å²) in [6.45, 7) is -1.90. The predicted octanol–water partition coefficient (Wildman–Crippen LogP) is -6.86. The van der Waals surface area contributed by atoms with Gasteiger partial charge in [0, 0.05) is 12.8 Å². The third kappa shape index (κ3) is 10.8. The highest BCUT2D eigenvalue weighted by molar-refractivity contribution is 5.70. The molecule has 16 heteroatoms. The van der Waals surface area contributed by atoms with E-state index < -0.39 is 86.6 Å². The minimum atomic E-state index is -2.28. The summed E-state index contributed by atoms with van der Waals surface area (Å²) < 4.78 is 8.90. The number of hydrogen-bond acceptors (Lipinski definition) is 16. The highest BCUT2D eigenvalue weighted by atomic mass is 16.7. The van der Waals surface area contributed by atoms with Crippen molar-refractivity contribution in [2.75, 3.05) is 13.2 Å². The molecule has 0 amide bonds. The number of rotatable bonds is 17. The summed E-state index contributed by atoms with van der Waals surface area (Å²) in [5.41, 5.74) is 0. The first-order valence-corrected chi connectivity index (χ1v) is 10.2. The first kappa shape index (κ1) is 32.5. The maximum Gasteiger partial charge on any atom is 0.308 e. The maximum absolute atomic E-state index is 11.7. The van der Waals surface area contributed by atoms with Crippen molar-refractivity contribution in [1.82, 2.24) is 0 Å². The zero-order valence-electron chi connectivity index (χ0n) is 18.0. The number of hydrogen-bond donors (Lipinski definition) is 12. The van der Waals surface area contributed by atoms with Gasteiger partial charge in [-0.15, -0.1) is 0 Å². The molecular formula is C18H34O16. The van der Waals surface area contributed by atoms with Crippen molar-refractivity contribution in [1.29, 1.82) is 0 Å². The fourth-order valence-electron chi connectivity index (χ4n) is 2.48. The molecule has 16 nitrogen and oxygen atoms in total. The van der Waals surface area contributed by atoms with E-state index in [-0.39, 0.29) is 25.7 Å². The fraction of sp³-hybridized carbons (Fsp3) is 0.889. The molecule has 0 radical (unpaired) electrons. The van der Waals surface area contributed by atoms with Crippen LogP contribution in [0.25, 0.3) is 0 Å². The summed E-state index contributed by atoms with van der Waals surface area (Å²) in [6.07, 6.45) is -21.9. The molecule has 0 heterocycles. The number of carbonyl (C=O) groups excluding carboxylic acids is 2. The van der Waals surface area contributed by atoms with Gasteiger partial charge in [-0.1, -0.05) is 0 Å². The molecule has 0 aliphatic rings. The second kappa shape index (κ2) is 16.2. The molecule has 0 aliphatic heterocycles. The van der Waals surface area contributed by atoms with Crippen LogP contribution in [0.2, 0.25) is 0 Å². The molecule has 0 spiro atoms. The van der Waals surface area contributed by atoms with E-state index in [9.17, 15) is 60.7 Å². The molecular weight excluding hydrogens is 472 g/mol. The Labute approximate surface area is 193 Å². The Balaban J connectivity index is 4.34. The van der Waals surface area contributed by atoms with Gasteiger partial charge in [0.1, 0.15) is 48.8 Å². The van der Waals surface area contributed by atoms with E-state index in [0.717, 1.165) is 0 Å². The van der Waals surface area contributed by atoms with Crippen LogP contribution in [0.3, 0.4) is 0 Å². The molecule has 0 rings (SSSR count). The Hall–Kier alpha value is -1.54. The highest BCUT2D eigenvalue weighted by Gasteiger charge is 2.37. The van der Waals surface area contributed by atoms with Gasteiger partial charge in [0.2, 0.25) is 12.6 Å². The molecule has 0 fully saturated rings. The summed E-state index contributed by atoms with van der Waals surface area (Å²) in [7, 11) is 0. The first-order valence-electron chi connectivity index (χ1n) is 10.2. The monoisotopic (exact) mass is 506 g/mol. The molecule has 0 aromatic carbocycles. The average Bonchev–Trinajstić information content (AvgIpc) is 2.82. The zero-order valence-corrected chi connectivity index (χ0v) is 18.0. The summed E-state index contributed by atoms with van der Waals surface area (Å²) in [4.78, 5) is 23.3. The second-order valence-corrected chi connectivity index (χ2v) is 7.41. The molecule has 34 heavy (non-hydrogen) atoms. The maximum atomic E-state index is 11.7. The number of unbranched alkanes of at least 4 members (excludes halogenated alkanes) is 1. The van der Waals surface area contributed by atoms with Crippen molar-refractivity contribution in [2.45, 2.75) is 87.1 Å². The molecule has 12 N–H and O–H groups in total. The van der Waals surface area contributed by atoms with Crippen molar-refractivity contribution >= 4 is 11.9 Å². The topological polar surface area (TPSA) is 295 Å². The number of esters is 2. The lowest BCUT2D eigenvalue weighted by Crippen LogP contribution is -2.51. The van der Waals surface area contributed by atoms with Gasteiger partial charge in [-0.2, -0.15) is 0 Å². The molecule has 2 unspecified atom stereocenters. The van der Waals surface area contributed by atoms with Gasteiger partial charge in [-0.3, -0.25) is 9.59 Å². The standard InChI is InChI=1S/C18H34O16/c19-5-7(21)11(25)13(27)15(29)17(31)33-9(23)3-1-2-4-10(24)34-18(32)16(30)14(28)12(26)8(22)6-20/h7-8,11-22,25-32H,1-6H2/t7-,8-,11-,12-,13+,14+,15+,16+,17?,18?/m1/s1. The highest BCUT2D eigenvalue weighted by Crippen LogP contribution is 2.13. The van der Waals surface area contributed by atoms with Gasteiger partial charge in [-0.05, 0) is 12.8 Å². The van der Waals surface area contributed by atoms with Gasteiger partial charge < -0.3 is 70.8 Å². The molecule has 0 saturated carbocycles. The quantitative estimate of drug-likeness (QED) is 0.0495. The SMILES string of the molecule is O=C(CCCCC(=O)OC(O)[C@@H](O)[C@@H](O)[C@H](O)[C@H](O)CO)OC(O)[C@@H](O)[C@@H](O)[C@H](O)[C@H](O)CO. The Kier molecular flexibility index (Phi) is 15.5. The lowest BCUT2D eigenvalue weighted by atomic mass is 10.0. The smallest absolute Gasteiger partial charge is 0.308 e. The van der Waals surface area contributed by atoms with Crippen molar-refractivity contribution in [3.05, 3.63) is 0 Å². The minimum Gasteiger partial charge on any atom is -0.433 e. The van der Waals surface area contributed by atoms with E-state index in [4.69, 9.17) is 10.2 Å². The normalized spacial score (nSPS) is 20.7. The third-order valence-corrected chi connectivity index (χ3v) is 4.66. The van der Waals surface area contributed by atoms with Crippen LogP contribution in [0.5, 0.6) is 0 Å². The summed E-state index contributed by atoms with van der Waals surface area (Å²) in [5.74, 6) is -2.14. The summed E-state index contributed by atoms with van der Waals surface area (Å²) in [6, 6.07) is 0. The molecule has 10 atom stereocenters. The van der Waals surface area contributed by atoms with Gasteiger partial charge in [0.05, 0.1) is 13.2 Å². The van der Waals surface area contributed by atoms with Crippen LogP contribution in [0.1, 0.15) is 25.7 Å². The van der Waals surface area contributed by atoms with Crippen LogP contribution in [-0.4, -0.2) is 148 Å². The van der Waals surface area contributed by atoms with Gasteiger partial charge in [0.15, 0.2) is 0 Å². The molecule has 202 valence electrons. The van der Waals surface area contributed by atoms with Crippen LogP contribution in [0, 0.1) is 0 Å². The van der Waals surface area contributed by atoms with E-state index in [2.05, 4.69) is 9.47 Å². The summed E-state index contributed by atoms with van der Waals surface area (Å²) >= 11 is 0. The fourth-order valence-corrected chi connectivity index (χ4v) is 2.48. The second-order valence-electron chi connectivity index (χ2n) is 7.41. The molecule has 0 aliphatic carbocycles. The van der Waals surface area contributed by atoms with E-state index in [1.165, 1.54) is 0 Å². The van der Waals surface area contributed by atoms with Gasteiger partial charge >= 0.3 is 11.9 Å². The Morgan fingerprint density at radius 1 is 0.500 bits per heavy atom. The molecule has 0 aromatic rings. The van der Waals surface area contributed by atoms with Gasteiger partial charge in [-0.25, -0.2) is 0 Å². The van der Waals surface area contributed by atoms with Crippen LogP contribution < -0.4 is 0 Å². The van der Waals surface area contributed by atoms with Crippen LogP contribution in [0.15, 0.2) is 0 Å². The Morgan fingerprint density at radius 2 is 0.794 bits per heavy atom. The van der Waals surface area contributed by atoms with E-state index in [1.54, 1.807) is 0 Å². The first-order chi connectivity index (χ1) is 15.8. The number of aliphatic hydroxyl groups is 12. The Morgan fingerprint density at radius 3 is 1.06 bits per heavy atom. The molecule has 0 bridgehead atoms. The Bertz CT molecular complexity index is 540. The van der Waals surface area contributed by atoms with Crippen molar-refractivity contribution in [3.63, 3.8) is 0 Å². The molecule has 0 saturated heterocycles. The van der Waals surface area contributed by atoms with Crippen LogP contribution in [-0.2, 0) is 19.1 Å². The van der Waals surface area contributed by atoms with Crippen molar-refractivity contribution in [3.8, 4) is 0 Å². The van der Waals surface area contributed by atoms with Crippen molar-refractivity contribution < 1.29 is 80.3 Å². The predicted molar refractivity (Wildman–Crippen MR) is 105 cm³/mol. The average molecular weight is 506 g/mol. The number of carbonyl (C=O) groups is 2. The van der Waals surface area contributed by atoms with E-state index >= 15 is 0 Å². The summed E-state index contributed by atoms with van der Waals surface area (Å²) in [5, 5.41) is 112. The van der Waals surface area contributed by atoms with Gasteiger partial charge in [0.25, 0.3) is 0 Å².